The van der Waals surface area contributed by atoms with Crippen LogP contribution in [0.15, 0.2) is 0 Å². The van der Waals surface area contributed by atoms with Gasteiger partial charge in [0.1, 0.15) is 0 Å². The minimum Gasteiger partial charge on any atom is -0.338 e. The van der Waals surface area contributed by atoms with E-state index in [2.05, 4.69) is 45.3 Å². The average Bonchev–Trinajstić information content (AvgIpc) is 2.31. The Kier molecular flexibility index (Phi) is 4.21. The Balaban J connectivity index is 1.51. The molecule has 4 aliphatic rings. The van der Waals surface area contributed by atoms with E-state index in [1.165, 1.54) is 38.5 Å². The van der Waals surface area contributed by atoms with Gasteiger partial charge < -0.3 is 10.6 Å². The zero-order valence-corrected chi connectivity index (χ0v) is 15.8. The maximum atomic E-state index is 12.4. The van der Waals surface area contributed by atoms with Crippen LogP contribution in [0.25, 0.3) is 0 Å². The number of carbonyl (C=O) groups is 1. The first kappa shape index (κ1) is 17.1. The summed E-state index contributed by atoms with van der Waals surface area (Å²) in [5, 5.41) is 6.43. The Morgan fingerprint density at radius 2 is 1.43 bits per heavy atom. The first-order valence-corrected chi connectivity index (χ1v) is 9.60. The van der Waals surface area contributed by atoms with Gasteiger partial charge >= 0.3 is 6.03 Å². The second-order valence-corrected chi connectivity index (χ2v) is 10.8. The highest BCUT2D eigenvalue weighted by atomic mass is 16.2. The summed E-state index contributed by atoms with van der Waals surface area (Å²) < 4.78 is 0. The number of nitrogens with one attached hydrogen (secondary N) is 2. The summed E-state index contributed by atoms with van der Waals surface area (Å²) >= 11 is 0. The van der Waals surface area contributed by atoms with E-state index in [1.807, 2.05) is 0 Å². The van der Waals surface area contributed by atoms with Gasteiger partial charge in [0, 0.05) is 12.1 Å². The van der Waals surface area contributed by atoms with E-state index in [0.29, 0.717) is 5.41 Å². The Hall–Kier alpha value is -0.730. The first-order chi connectivity index (χ1) is 10.5. The fraction of sp³-hybridized carbons (Fsp3) is 0.950. The quantitative estimate of drug-likeness (QED) is 0.773. The van der Waals surface area contributed by atoms with Gasteiger partial charge in [0.2, 0.25) is 0 Å². The molecule has 0 aromatic carbocycles. The lowest BCUT2D eigenvalue weighted by atomic mass is 9.49. The van der Waals surface area contributed by atoms with E-state index >= 15 is 0 Å². The molecule has 0 radical (unpaired) electrons. The smallest absolute Gasteiger partial charge is 0.315 e. The number of carbonyl (C=O) groups excluding carboxylic acids is 1. The van der Waals surface area contributed by atoms with Crippen molar-refractivity contribution in [3.63, 3.8) is 0 Å². The van der Waals surface area contributed by atoms with Crippen LogP contribution in [0, 0.1) is 28.6 Å². The SMILES string of the molecule is CC(C)(C)CC(C)(C)NC(=O)NCC12CC3CC(CC(C3)C1)C2. The predicted octanol–water partition coefficient (Wildman–Crippen LogP) is 4.72. The Morgan fingerprint density at radius 1 is 0.957 bits per heavy atom. The van der Waals surface area contributed by atoms with Crippen LogP contribution in [-0.4, -0.2) is 18.1 Å². The molecule has 4 saturated carbocycles. The molecule has 0 heterocycles. The Labute approximate surface area is 142 Å². The summed E-state index contributed by atoms with van der Waals surface area (Å²) in [6.07, 6.45) is 9.42. The van der Waals surface area contributed by atoms with E-state index in [-0.39, 0.29) is 17.0 Å². The van der Waals surface area contributed by atoms with Gasteiger partial charge in [-0.05, 0) is 87.4 Å². The summed E-state index contributed by atoms with van der Waals surface area (Å²) in [5.41, 5.74) is 0.473. The third-order valence-electron chi connectivity index (χ3n) is 6.21. The molecule has 0 saturated heterocycles. The summed E-state index contributed by atoms with van der Waals surface area (Å²) in [4.78, 5) is 12.4. The Morgan fingerprint density at radius 3 is 1.87 bits per heavy atom. The Bertz CT molecular complexity index is 425. The second-order valence-electron chi connectivity index (χ2n) is 10.8. The van der Waals surface area contributed by atoms with Crippen molar-refractivity contribution in [3.05, 3.63) is 0 Å². The molecule has 132 valence electrons. The molecule has 0 aliphatic heterocycles. The van der Waals surface area contributed by atoms with Crippen molar-refractivity contribution in [2.24, 2.45) is 28.6 Å². The van der Waals surface area contributed by atoms with Gasteiger partial charge in [0.15, 0.2) is 0 Å². The van der Waals surface area contributed by atoms with Gasteiger partial charge in [-0.1, -0.05) is 20.8 Å². The van der Waals surface area contributed by atoms with Crippen molar-refractivity contribution in [2.75, 3.05) is 6.54 Å². The molecule has 3 heteroatoms. The molecule has 2 amide bonds. The maximum absolute atomic E-state index is 12.4. The molecule has 2 N–H and O–H groups in total. The molecule has 0 spiro atoms. The molecule has 0 aromatic rings. The van der Waals surface area contributed by atoms with Crippen LogP contribution in [0.1, 0.15) is 79.6 Å². The predicted molar refractivity (Wildman–Crippen MR) is 95.3 cm³/mol. The largest absolute Gasteiger partial charge is 0.338 e. The minimum absolute atomic E-state index is 0.0231. The molecule has 0 atom stereocenters. The second kappa shape index (κ2) is 5.67. The van der Waals surface area contributed by atoms with Crippen molar-refractivity contribution in [3.8, 4) is 0 Å². The maximum Gasteiger partial charge on any atom is 0.315 e. The van der Waals surface area contributed by atoms with E-state index in [9.17, 15) is 4.79 Å². The number of rotatable bonds is 4. The normalized spacial score (nSPS) is 36.1. The van der Waals surface area contributed by atoms with Gasteiger partial charge in [0.05, 0.1) is 0 Å². The van der Waals surface area contributed by atoms with Crippen LogP contribution < -0.4 is 10.6 Å². The molecule has 4 bridgehead atoms. The summed E-state index contributed by atoms with van der Waals surface area (Å²) in [6.45, 7) is 11.8. The van der Waals surface area contributed by atoms with Crippen molar-refractivity contribution in [1.29, 1.82) is 0 Å². The van der Waals surface area contributed by atoms with E-state index in [0.717, 1.165) is 30.7 Å². The highest BCUT2D eigenvalue weighted by molar-refractivity contribution is 5.74. The third kappa shape index (κ3) is 4.22. The number of amides is 2. The zero-order valence-electron chi connectivity index (χ0n) is 15.8. The van der Waals surface area contributed by atoms with Crippen molar-refractivity contribution in [2.45, 2.75) is 85.1 Å². The zero-order chi connectivity index (χ0) is 16.9. The van der Waals surface area contributed by atoms with E-state index in [4.69, 9.17) is 0 Å². The molecular weight excluding hydrogens is 284 g/mol. The highest BCUT2D eigenvalue weighted by Crippen LogP contribution is 2.59. The van der Waals surface area contributed by atoms with Gasteiger partial charge in [0.25, 0.3) is 0 Å². The van der Waals surface area contributed by atoms with Crippen LogP contribution in [0.2, 0.25) is 0 Å². The van der Waals surface area contributed by atoms with Crippen LogP contribution in [0.4, 0.5) is 4.79 Å². The lowest BCUT2D eigenvalue weighted by Gasteiger charge is -2.56. The molecule has 23 heavy (non-hydrogen) atoms. The van der Waals surface area contributed by atoms with E-state index in [1.54, 1.807) is 0 Å². The topological polar surface area (TPSA) is 41.1 Å². The molecule has 4 fully saturated rings. The summed E-state index contributed by atoms with van der Waals surface area (Å²) in [5.74, 6) is 2.84. The molecule has 3 nitrogen and oxygen atoms in total. The van der Waals surface area contributed by atoms with Gasteiger partial charge in [-0.2, -0.15) is 0 Å². The van der Waals surface area contributed by atoms with Gasteiger partial charge in [-0.15, -0.1) is 0 Å². The van der Waals surface area contributed by atoms with Crippen LogP contribution in [0.3, 0.4) is 0 Å². The lowest BCUT2D eigenvalue weighted by Crippen LogP contribution is -2.55. The van der Waals surface area contributed by atoms with Crippen LogP contribution in [0.5, 0.6) is 0 Å². The third-order valence-corrected chi connectivity index (χ3v) is 6.21. The molecule has 4 aliphatic carbocycles. The standard InChI is InChI=1S/C20H36N2O/c1-18(2,3)12-19(4,5)22-17(23)21-13-20-9-14-6-15(10-20)8-16(7-14)11-20/h14-16H,6-13H2,1-5H3,(H2,21,22,23). The highest BCUT2D eigenvalue weighted by Gasteiger charge is 2.50. The number of urea groups is 1. The monoisotopic (exact) mass is 320 g/mol. The minimum atomic E-state index is -0.163. The first-order valence-electron chi connectivity index (χ1n) is 9.60. The number of hydrogen-bond donors (Lipinski definition) is 2. The lowest BCUT2D eigenvalue weighted by molar-refractivity contribution is -0.0499. The molecular formula is C20H36N2O. The van der Waals surface area contributed by atoms with Gasteiger partial charge in [-0.3, -0.25) is 0 Å². The van der Waals surface area contributed by atoms with Gasteiger partial charge in [-0.25, -0.2) is 4.79 Å². The fourth-order valence-electron chi connectivity index (χ4n) is 6.50. The molecule has 0 aromatic heterocycles. The molecule has 0 unspecified atom stereocenters. The summed E-state index contributed by atoms with van der Waals surface area (Å²) in [7, 11) is 0. The summed E-state index contributed by atoms with van der Waals surface area (Å²) in [6, 6.07) is 0.0231. The molecule has 4 rings (SSSR count). The van der Waals surface area contributed by atoms with Crippen LogP contribution >= 0.6 is 0 Å². The fourth-order valence-corrected chi connectivity index (χ4v) is 6.50. The van der Waals surface area contributed by atoms with Crippen LogP contribution in [-0.2, 0) is 0 Å². The van der Waals surface area contributed by atoms with Crippen molar-refractivity contribution in [1.82, 2.24) is 10.6 Å². The van der Waals surface area contributed by atoms with Crippen molar-refractivity contribution < 1.29 is 4.79 Å². The van der Waals surface area contributed by atoms with Crippen molar-refractivity contribution >= 4 is 6.03 Å². The van der Waals surface area contributed by atoms with E-state index < -0.39 is 0 Å². The average molecular weight is 321 g/mol. The number of hydrogen-bond acceptors (Lipinski definition) is 1.